The first-order valence-corrected chi connectivity index (χ1v) is 4.22. The number of hydrogen-bond acceptors (Lipinski definition) is 2. The van der Waals surface area contributed by atoms with E-state index in [-0.39, 0.29) is 35.5 Å². The second kappa shape index (κ2) is 5.80. The summed E-state index contributed by atoms with van der Waals surface area (Å²) in [7, 11) is 0. The number of amidine groups is 1. The first kappa shape index (κ1) is 5.30. The summed E-state index contributed by atoms with van der Waals surface area (Å²) in [6.07, 6.45) is -1.62. The lowest BCUT2D eigenvalue weighted by Crippen LogP contribution is -2.35. The standard InChI is InChI=1S/C11H16N4/c1-9(12)15-11(13)14-8-7-10-5-3-2-4-6-10/h2-6H,7-8H2,1H3,(H4,12,13,14,15)/i3D,4D,5D,7D,8D2. The number of aryl methyl sites for hydroxylation is 1. The lowest BCUT2D eigenvalue weighted by Gasteiger charge is -2.02. The molecule has 1 unspecified atom stereocenters. The number of aliphatic imine (C=N–C) groups is 1. The van der Waals surface area contributed by atoms with Crippen LogP contribution in [0.4, 0.5) is 0 Å². The van der Waals surface area contributed by atoms with Crippen molar-refractivity contribution >= 4 is 11.8 Å². The summed E-state index contributed by atoms with van der Waals surface area (Å²) < 4.78 is 46.2. The lowest BCUT2D eigenvalue weighted by atomic mass is 10.2. The third-order valence-corrected chi connectivity index (χ3v) is 1.33. The molecule has 15 heavy (non-hydrogen) atoms. The molecule has 0 radical (unpaired) electrons. The summed E-state index contributed by atoms with van der Waals surface area (Å²) in [5, 5.41) is 9.48. The van der Waals surface area contributed by atoms with Crippen molar-refractivity contribution in [2.75, 3.05) is 6.50 Å². The van der Waals surface area contributed by atoms with Gasteiger partial charge in [-0.2, -0.15) is 0 Å². The van der Waals surface area contributed by atoms with Crippen LogP contribution in [-0.2, 0) is 6.40 Å². The van der Waals surface area contributed by atoms with Crippen molar-refractivity contribution in [3.05, 3.63) is 35.8 Å². The van der Waals surface area contributed by atoms with Crippen LogP contribution in [0.2, 0.25) is 0 Å². The van der Waals surface area contributed by atoms with E-state index in [4.69, 9.17) is 19.4 Å². The minimum absolute atomic E-state index is 0.0311. The number of hydrogen-bond donors (Lipinski definition) is 3. The zero-order valence-corrected chi connectivity index (χ0v) is 8.26. The molecule has 0 saturated carbocycles. The molecule has 4 heteroatoms. The van der Waals surface area contributed by atoms with E-state index in [1.165, 1.54) is 6.92 Å². The molecule has 0 bridgehead atoms. The molecule has 1 aromatic rings. The van der Waals surface area contributed by atoms with Crippen LogP contribution in [0.3, 0.4) is 0 Å². The average molecular weight is 210 g/mol. The Morgan fingerprint density at radius 3 is 3.27 bits per heavy atom. The molecule has 80 valence electrons. The molecule has 0 amide bonds. The molecule has 0 saturated heterocycles. The zero-order valence-electron chi connectivity index (χ0n) is 14.3. The van der Waals surface area contributed by atoms with Crippen molar-refractivity contribution in [3.8, 4) is 0 Å². The summed E-state index contributed by atoms with van der Waals surface area (Å²) in [6.45, 7) is -1.07. The maximum atomic E-state index is 7.92. The van der Waals surface area contributed by atoms with E-state index in [0.717, 1.165) is 12.1 Å². The Morgan fingerprint density at radius 1 is 1.73 bits per heavy atom. The SMILES string of the molecule is [2H]c1cc([2H])c([2H])c(C([2H])C([2H])([2H])N=C(N)NC(C)=N)c1. The summed E-state index contributed by atoms with van der Waals surface area (Å²) in [6, 6.07) is 1.66. The third-order valence-electron chi connectivity index (χ3n) is 1.33. The predicted molar refractivity (Wildman–Crippen MR) is 63.2 cm³/mol. The summed E-state index contributed by atoms with van der Waals surface area (Å²) >= 11 is 0. The van der Waals surface area contributed by atoms with Crippen LogP contribution in [0, 0.1) is 5.41 Å². The van der Waals surface area contributed by atoms with Gasteiger partial charge in [0, 0.05) is 7.87 Å². The van der Waals surface area contributed by atoms with Crippen LogP contribution in [0.15, 0.2) is 35.3 Å². The van der Waals surface area contributed by atoms with Crippen molar-refractivity contribution in [1.29, 1.82) is 5.41 Å². The smallest absolute Gasteiger partial charge is 0.194 e. The second-order valence-electron chi connectivity index (χ2n) is 2.70. The molecule has 1 atom stereocenters. The van der Waals surface area contributed by atoms with Gasteiger partial charge in [-0.3, -0.25) is 10.4 Å². The Hall–Kier alpha value is -1.84. The van der Waals surface area contributed by atoms with E-state index in [0.29, 0.717) is 0 Å². The lowest BCUT2D eigenvalue weighted by molar-refractivity contribution is 0.955. The Bertz CT molecular complexity index is 586. The Kier molecular flexibility index (Phi) is 2.05. The molecule has 1 rings (SSSR count). The molecule has 0 aliphatic rings. The molecule has 0 heterocycles. The molecular weight excluding hydrogens is 188 g/mol. The molecule has 0 aromatic heterocycles. The quantitative estimate of drug-likeness (QED) is 0.517. The monoisotopic (exact) mass is 210 g/mol. The predicted octanol–water partition coefficient (Wildman–Crippen LogP) is 1.13. The molecule has 1 aromatic carbocycles. The first-order chi connectivity index (χ1) is 9.54. The van der Waals surface area contributed by atoms with E-state index >= 15 is 0 Å². The normalized spacial score (nSPS) is 19.9. The van der Waals surface area contributed by atoms with Crippen LogP contribution >= 0.6 is 0 Å². The van der Waals surface area contributed by atoms with Crippen molar-refractivity contribution in [1.82, 2.24) is 5.32 Å². The number of benzene rings is 1. The van der Waals surface area contributed by atoms with Gasteiger partial charge in [0.1, 0.15) is 0 Å². The van der Waals surface area contributed by atoms with Gasteiger partial charge in [-0.1, -0.05) is 30.3 Å². The Balaban J connectivity index is 3.17. The number of nitrogens with one attached hydrogen (secondary N) is 2. The molecule has 4 nitrogen and oxygen atoms in total. The topological polar surface area (TPSA) is 74.3 Å². The van der Waals surface area contributed by atoms with Gasteiger partial charge < -0.3 is 11.1 Å². The molecule has 4 N–H and O–H groups in total. The summed E-state index contributed by atoms with van der Waals surface area (Å²) in [4.78, 5) is 3.51. The van der Waals surface area contributed by atoms with Crippen LogP contribution in [0.1, 0.15) is 20.7 Å². The maximum absolute atomic E-state index is 7.92. The van der Waals surface area contributed by atoms with Crippen molar-refractivity contribution in [3.63, 3.8) is 0 Å². The first-order valence-electron chi connectivity index (χ1n) is 7.30. The van der Waals surface area contributed by atoms with Gasteiger partial charge in [0.25, 0.3) is 0 Å². The van der Waals surface area contributed by atoms with Gasteiger partial charge in [0.2, 0.25) is 0 Å². The fraction of sp³-hybridized carbons (Fsp3) is 0.273. The fourth-order valence-corrected chi connectivity index (χ4v) is 0.798. The number of rotatable bonds is 3. The Morgan fingerprint density at radius 2 is 2.53 bits per heavy atom. The number of nitrogens with zero attached hydrogens (tertiary/aromatic N) is 1. The summed E-state index contributed by atoms with van der Waals surface area (Å²) in [5.74, 6) is -0.388. The number of guanidine groups is 1. The van der Waals surface area contributed by atoms with Crippen LogP contribution in [0.25, 0.3) is 0 Å². The van der Waals surface area contributed by atoms with Crippen molar-refractivity contribution < 1.29 is 8.22 Å². The average Bonchev–Trinajstić information content (AvgIpc) is 2.30. The molecular formula is C11H16N4. The molecule has 0 aliphatic heterocycles. The highest BCUT2D eigenvalue weighted by Gasteiger charge is 1.92. The minimum atomic E-state index is -2.47. The summed E-state index contributed by atoms with van der Waals surface area (Å²) in [5.41, 5.74) is 5.32. The van der Waals surface area contributed by atoms with Crippen LogP contribution < -0.4 is 11.1 Å². The van der Waals surface area contributed by atoms with Gasteiger partial charge in [-0.25, -0.2) is 0 Å². The Labute approximate surface area is 98.2 Å². The number of nitrogens with two attached hydrogens (primary N) is 1. The highest BCUT2D eigenvalue weighted by Crippen LogP contribution is 1.98. The molecule has 0 spiro atoms. The van der Waals surface area contributed by atoms with Gasteiger partial charge >= 0.3 is 0 Å². The largest absolute Gasteiger partial charge is 0.370 e. The fourth-order valence-electron chi connectivity index (χ4n) is 0.798. The zero-order chi connectivity index (χ0) is 16.4. The van der Waals surface area contributed by atoms with E-state index < -0.39 is 12.9 Å². The molecule has 0 fully saturated rings. The third kappa shape index (κ3) is 4.81. The van der Waals surface area contributed by atoms with Gasteiger partial charge in [0.05, 0.1) is 12.7 Å². The van der Waals surface area contributed by atoms with Gasteiger partial charge in [-0.15, -0.1) is 0 Å². The molecule has 0 aliphatic carbocycles. The van der Waals surface area contributed by atoms with Crippen molar-refractivity contribution in [2.24, 2.45) is 10.7 Å². The van der Waals surface area contributed by atoms with Gasteiger partial charge in [0.15, 0.2) is 5.96 Å². The van der Waals surface area contributed by atoms with E-state index in [2.05, 4.69) is 10.3 Å². The highest BCUT2D eigenvalue weighted by molar-refractivity contribution is 5.96. The van der Waals surface area contributed by atoms with Crippen molar-refractivity contribution in [2.45, 2.75) is 13.3 Å². The van der Waals surface area contributed by atoms with E-state index in [9.17, 15) is 0 Å². The second-order valence-corrected chi connectivity index (χ2v) is 2.70. The van der Waals surface area contributed by atoms with E-state index in [1.54, 1.807) is 0 Å². The minimum Gasteiger partial charge on any atom is -0.370 e. The highest BCUT2D eigenvalue weighted by atomic mass is 15.1. The van der Waals surface area contributed by atoms with Crippen LogP contribution in [-0.4, -0.2) is 18.3 Å². The van der Waals surface area contributed by atoms with Gasteiger partial charge in [-0.05, 0) is 18.9 Å². The van der Waals surface area contributed by atoms with Crippen LogP contribution in [0.5, 0.6) is 0 Å². The van der Waals surface area contributed by atoms with E-state index in [1.807, 2.05) is 0 Å². The maximum Gasteiger partial charge on any atom is 0.194 e.